The minimum atomic E-state index is -0.694. The fourth-order valence-corrected chi connectivity index (χ4v) is 3.09. The van der Waals surface area contributed by atoms with Crippen molar-refractivity contribution in [2.24, 2.45) is 0 Å². The van der Waals surface area contributed by atoms with Crippen molar-refractivity contribution < 1.29 is 19.6 Å². The highest BCUT2D eigenvalue weighted by atomic mass is 16.4. The summed E-state index contributed by atoms with van der Waals surface area (Å²) in [6.07, 6.45) is 20.7. The van der Waals surface area contributed by atoms with E-state index in [1.807, 2.05) is 0 Å². The van der Waals surface area contributed by atoms with E-state index in [9.17, 15) is 4.79 Å². The fraction of sp³-hybridized carbons (Fsp3) is 0.800. The summed E-state index contributed by atoms with van der Waals surface area (Å²) in [5.74, 6) is -0.694. The van der Waals surface area contributed by atoms with Crippen LogP contribution in [0.4, 0.5) is 0 Å². The predicted molar refractivity (Wildman–Crippen MR) is 99.4 cm³/mol. The van der Waals surface area contributed by atoms with Crippen LogP contribution in [-0.4, -0.2) is 27.4 Å². The summed E-state index contributed by atoms with van der Waals surface area (Å²) in [5.41, 5.74) is 0. The van der Waals surface area contributed by atoms with Crippen LogP contribution in [0.1, 0.15) is 83.5 Å². The number of aliphatic hydroxyl groups excluding tert-OH is 1. The average molecular weight is 354 g/mol. The molecule has 0 unspecified atom stereocenters. The van der Waals surface area contributed by atoms with Crippen LogP contribution in [-0.2, 0) is 17.9 Å². The summed E-state index contributed by atoms with van der Waals surface area (Å²) in [6.45, 7) is 2.40. The van der Waals surface area contributed by atoms with Crippen molar-refractivity contribution in [3.8, 4) is 0 Å². The lowest BCUT2D eigenvalue weighted by Crippen LogP contribution is -2.30. The highest BCUT2D eigenvalue weighted by molar-refractivity contribution is 5.66. The lowest BCUT2D eigenvalue weighted by molar-refractivity contribution is -0.696. The number of unbranched alkanes of at least 4 members (excludes halogenated alkanes) is 10. The Kier molecular flexibility index (Phi) is 13.0. The Morgan fingerprint density at radius 2 is 1.44 bits per heavy atom. The molecule has 0 aliphatic heterocycles. The van der Waals surface area contributed by atoms with Gasteiger partial charge in [-0.1, -0.05) is 38.5 Å². The molecule has 2 N–H and O–H groups in total. The molecule has 1 aromatic heterocycles. The van der Waals surface area contributed by atoms with Crippen LogP contribution in [0.3, 0.4) is 0 Å². The molecule has 1 heterocycles. The normalized spacial score (nSPS) is 11.1. The summed E-state index contributed by atoms with van der Waals surface area (Å²) in [6, 6.07) is 0. The molecule has 25 heavy (non-hydrogen) atoms. The van der Waals surface area contributed by atoms with E-state index in [0.717, 1.165) is 38.8 Å². The highest BCUT2D eigenvalue weighted by Gasteiger charge is 2.04. The van der Waals surface area contributed by atoms with E-state index in [4.69, 9.17) is 10.2 Å². The number of hydrogen-bond acceptors (Lipinski definition) is 2. The van der Waals surface area contributed by atoms with E-state index in [1.54, 1.807) is 0 Å². The van der Waals surface area contributed by atoms with Crippen LogP contribution in [0, 0.1) is 0 Å². The van der Waals surface area contributed by atoms with Crippen molar-refractivity contribution >= 4 is 5.97 Å². The first-order valence-electron chi connectivity index (χ1n) is 10.1. The van der Waals surface area contributed by atoms with E-state index >= 15 is 0 Å². The molecule has 1 aromatic rings. The first-order chi connectivity index (χ1) is 12.2. The number of carboxylic acid groups (broad SMARTS) is 1. The molecule has 0 aliphatic carbocycles. The molecule has 0 spiro atoms. The smallest absolute Gasteiger partial charge is 0.303 e. The van der Waals surface area contributed by atoms with Crippen LogP contribution in [0.25, 0.3) is 0 Å². The van der Waals surface area contributed by atoms with Gasteiger partial charge < -0.3 is 10.2 Å². The number of aliphatic hydroxyl groups is 1. The lowest BCUT2D eigenvalue weighted by atomic mass is 10.1. The minimum Gasteiger partial charge on any atom is -0.481 e. The summed E-state index contributed by atoms with van der Waals surface area (Å²) >= 11 is 0. The lowest BCUT2D eigenvalue weighted by Gasteiger charge is -2.01. The number of aromatic nitrogens is 2. The number of carboxylic acids is 1. The zero-order valence-electron chi connectivity index (χ0n) is 15.7. The van der Waals surface area contributed by atoms with Crippen molar-refractivity contribution in [2.75, 3.05) is 6.61 Å². The molecular weight excluding hydrogens is 316 g/mol. The maximum atomic E-state index is 10.5. The van der Waals surface area contributed by atoms with Crippen LogP contribution >= 0.6 is 0 Å². The molecule has 1 rings (SSSR count). The van der Waals surface area contributed by atoms with Gasteiger partial charge in [0.15, 0.2) is 0 Å². The first kappa shape index (κ1) is 21.7. The maximum absolute atomic E-state index is 10.5. The number of rotatable bonds is 17. The molecule has 5 nitrogen and oxygen atoms in total. The molecule has 0 fully saturated rings. The summed E-state index contributed by atoms with van der Waals surface area (Å²) in [7, 11) is 0. The van der Waals surface area contributed by atoms with Gasteiger partial charge in [-0.2, -0.15) is 0 Å². The van der Waals surface area contributed by atoms with Gasteiger partial charge in [-0.3, -0.25) is 4.79 Å². The zero-order chi connectivity index (χ0) is 18.2. The van der Waals surface area contributed by atoms with Gasteiger partial charge in [0.2, 0.25) is 6.33 Å². The van der Waals surface area contributed by atoms with E-state index in [-0.39, 0.29) is 6.42 Å². The molecule has 0 aliphatic rings. The van der Waals surface area contributed by atoms with E-state index in [1.165, 1.54) is 51.4 Å². The van der Waals surface area contributed by atoms with E-state index in [2.05, 4.69) is 27.9 Å². The quantitative estimate of drug-likeness (QED) is 0.329. The Bertz CT molecular complexity index is 446. The van der Waals surface area contributed by atoms with Crippen LogP contribution < -0.4 is 4.57 Å². The van der Waals surface area contributed by atoms with Crippen LogP contribution in [0.5, 0.6) is 0 Å². The number of imidazole rings is 1. The van der Waals surface area contributed by atoms with Gasteiger partial charge in [-0.05, 0) is 38.5 Å². The Morgan fingerprint density at radius 1 is 0.840 bits per heavy atom. The first-order valence-corrected chi connectivity index (χ1v) is 10.1. The Balaban J connectivity index is 1.94. The largest absolute Gasteiger partial charge is 0.481 e. The van der Waals surface area contributed by atoms with Gasteiger partial charge >= 0.3 is 5.97 Å². The maximum Gasteiger partial charge on any atom is 0.303 e. The second-order valence-corrected chi connectivity index (χ2v) is 7.00. The number of aliphatic carboxylic acids is 1. The van der Waals surface area contributed by atoms with Gasteiger partial charge in [0.05, 0.1) is 13.1 Å². The van der Waals surface area contributed by atoms with E-state index in [0.29, 0.717) is 6.61 Å². The molecule has 144 valence electrons. The molecule has 0 saturated carbocycles. The van der Waals surface area contributed by atoms with Crippen molar-refractivity contribution in [3.63, 3.8) is 0 Å². The monoisotopic (exact) mass is 353 g/mol. The van der Waals surface area contributed by atoms with Crippen molar-refractivity contribution in [2.45, 2.75) is 96.6 Å². The Hall–Kier alpha value is -1.36. The van der Waals surface area contributed by atoms with Crippen LogP contribution in [0.2, 0.25) is 0 Å². The molecule has 0 saturated heterocycles. The topological polar surface area (TPSA) is 66.3 Å². The Labute approximate surface area is 152 Å². The number of hydrogen-bond donors (Lipinski definition) is 2. The molecule has 0 radical (unpaired) electrons. The SMILES string of the molecule is O=C(O)CCCCC[n+]1ccn(CCCCCCCCCCCO)c1. The van der Waals surface area contributed by atoms with Crippen LogP contribution in [0.15, 0.2) is 18.7 Å². The molecule has 0 atom stereocenters. The average Bonchev–Trinajstić information content (AvgIpc) is 3.04. The van der Waals surface area contributed by atoms with Gasteiger partial charge in [0.25, 0.3) is 0 Å². The fourth-order valence-electron chi connectivity index (χ4n) is 3.09. The summed E-state index contributed by atoms with van der Waals surface area (Å²) in [4.78, 5) is 10.5. The van der Waals surface area contributed by atoms with Gasteiger partial charge in [-0.15, -0.1) is 0 Å². The van der Waals surface area contributed by atoms with Gasteiger partial charge in [0.1, 0.15) is 12.4 Å². The van der Waals surface area contributed by atoms with E-state index < -0.39 is 5.97 Å². The third-order valence-electron chi connectivity index (χ3n) is 4.63. The third kappa shape index (κ3) is 12.6. The molecular formula is C20H37N2O3+. The van der Waals surface area contributed by atoms with Crippen molar-refractivity contribution in [1.29, 1.82) is 0 Å². The van der Waals surface area contributed by atoms with Crippen molar-refractivity contribution in [1.82, 2.24) is 4.57 Å². The number of carbonyl (C=O) groups is 1. The van der Waals surface area contributed by atoms with Crippen molar-refractivity contribution in [3.05, 3.63) is 18.7 Å². The molecule has 5 heteroatoms. The van der Waals surface area contributed by atoms with Gasteiger partial charge in [0, 0.05) is 13.0 Å². The second kappa shape index (κ2) is 14.9. The Morgan fingerprint density at radius 3 is 2.08 bits per heavy atom. The minimum absolute atomic E-state index is 0.286. The highest BCUT2D eigenvalue weighted by Crippen LogP contribution is 2.10. The summed E-state index contributed by atoms with van der Waals surface area (Å²) in [5, 5.41) is 17.3. The predicted octanol–water partition coefficient (Wildman–Crippen LogP) is 3.92. The van der Waals surface area contributed by atoms with Gasteiger partial charge in [-0.25, -0.2) is 9.13 Å². The summed E-state index contributed by atoms with van der Waals surface area (Å²) < 4.78 is 4.46. The zero-order valence-corrected chi connectivity index (χ0v) is 15.7. The number of aryl methyl sites for hydroxylation is 2. The molecule has 0 bridgehead atoms. The standard InChI is InChI=1S/C20H36N2O3/c23-18-12-7-5-3-1-2-4-6-10-14-21-16-17-22(19-21)15-11-8-9-13-20(24)25/h16-17,19,23H,1-15,18H2/p+1. The molecule has 0 aromatic carbocycles. The molecule has 0 amide bonds. The third-order valence-corrected chi connectivity index (χ3v) is 4.63. The number of nitrogens with zero attached hydrogens (tertiary/aromatic N) is 2. The second-order valence-electron chi connectivity index (χ2n) is 7.00.